The minimum atomic E-state index is -2.45. The van der Waals surface area contributed by atoms with Crippen LogP contribution in [0.2, 0.25) is 0 Å². The number of anilines is 1. The number of hydrogen-bond donors (Lipinski definition) is 3. The summed E-state index contributed by atoms with van der Waals surface area (Å²) in [5.41, 5.74) is 4.93. The first-order chi connectivity index (χ1) is 13.7. The van der Waals surface area contributed by atoms with Gasteiger partial charge in [-0.05, 0) is 33.1 Å². The van der Waals surface area contributed by atoms with Gasteiger partial charge >= 0.3 is 5.69 Å². The number of nitrogens with two attached hydrogens (primary N) is 1. The third-order valence-corrected chi connectivity index (χ3v) is 7.18. The van der Waals surface area contributed by atoms with Crippen LogP contribution in [0.25, 0.3) is 0 Å². The molecule has 2 rings (SSSR count). The number of nitrogens with zero attached hydrogens (tertiary/aromatic N) is 2. The molecule has 1 aliphatic heterocycles. The van der Waals surface area contributed by atoms with Crippen LogP contribution >= 0.6 is 30.0 Å². The van der Waals surface area contributed by atoms with Crippen LogP contribution in [0.3, 0.4) is 0 Å². The van der Waals surface area contributed by atoms with E-state index < -0.39 is 31.7 Å². The fraction of sp³-hybridized carbons (Fsp3) is 0.647. The summed E-state index contributed by atoms with van der Waals surface area (Å²) in [4.78, 5) is 35.3. The first kappa shape index (κ1) is 24.4. The molecule has 9 nitrogen and oxygen atoms in total. The molecule has 0 bridgehead atoms. The zero-order chi connectivity index (χ0) is 21.6. The molecule has 0 radical (unpaired) electrons. The van der Waals surface area contributed by atoms with Crippen molar-refractivity contribution in [3.8, 4) is 11.8 Å². The monoisotopic (exact) mass is 463 g/mol. The third-order valence-electron chi connectivity index (χ3n) is 4.21. The molecule has 4 N–H and O–H groups in total. The molecule has 0 spiro atoms. The first-order valence-corrected chi connectivity index (χ1v) is 12.7. The smallest absolute Gasteiger partial charge is 0.351 e. The Morgan fingerprint density at radius 1 is 1.59 bits per heavy atom. The van der Waals surface area contributed by atoms with Crippen LogP contribution in [-0.2, 0) is 14.2 Å². The van der Waals surface area contributed by atoms with Crippen molar-refractivity contribution in [2.75, 3.05) is 18.6 Å². The molecule has 1 saturated heterocycles. The second kappa shape index (κ2) is 11.0. The second-order valence-electron chi connectivity index (χ2n) is 6.37. The molecule has 0 aliphatic carbocycles. The Morgan fingerprint density at radius 3 is 2.90 bits per heavy atom. The van der Waals surface area contributed by atoms with Gasteiger partial charge in [0.05, 0.1) is 12.7 Å². The third kappa shape index (κ3) is 6.57. The Balaban J connectivity index is 2.18. The van der Waals surface area contributed by atoms with E-state index in [1.165, 1.54) is 23.8 Å². The highest BCUT2D eigenvalue weighted by Crippen LogP contribution is 2.43. The Morgan fingerprint density at radius 2 is 2.31 bits per heavy atom. The van der Waals surface area contributed by atoms with Crippen molar-refractivity contribution in [1.82, 2.24) is 9.55 Å². The lowest BCUT2D eigenvalue weighted by Gasteiger charge is -2.28. The van der Waals surface area contributed by atoms with Gasteiger partial charge in [-0.15, -0.1) is 5.92 Å². The lowest BCUT2D eigenvalue weighted by molar-refractivity contribution is -0.0919. The average Bonchev–Trinajstić information content (AvgIpc) is 3.02. The van der Waals surface area contributed by atoms with Gasteiger partial charge < -0.3 is 29.7 Å². The van der Waals surface area contributed by atoms with E-state index in [1.807, 2.05) is 13.2 Å². The summed E-state index contributed by atoms with van der Waals surface area (Å²) in [6, 6.07) is 1.52. The summed E-state index contributed by atoms with van der Waals surface area (Å²) in [5.74, 6) is 5.47. The average molecular weight is 464 g/mol. The summed E-state index contributed by atoms with van der Waals surface area (Å²) in [6.45, 7) is 5.05. The van der Waals surface area contributed by atoms with Gasteiger partial charge in [-0.3, -0.25) is 4.57 Å². The molecular formula is C17H26N3O6PS2. The standard InChI is InChI=1S/C17H26N3O6PS2/c1-5-7-17(3,27(22)23)24-10-13-12(25-11(2)29-28-4)9-15(26-13)20-8-6-14(18)19-16(20)21/h6,8,11-13,15,22-23H,9-10H2,1-4H3,(H2,18,19,21)/t11-,12+,13?,15+,17?/m0/s1. The van der Waals surface area contributed by atoms with Gasteiger partial charge in [0.1, 0.15) is 23.6 Å². The summed E-state index contributed by atoms with van der Waals surface area (Å²) >= 11 is 0. The summed E-state index contributed by atoms with van der Waals surface area (Å²) in [6.07, 6.45) is 2.38. The Kier molecular flexibility index (Phi) is 9.25. The maximum absolute atomic E-state index is 12.2. The number of ether oxygens (including phenoxy) is 3. The van der Waals surface area contributed by atoms with Crippen molar-refractivity contribution >= 4 is 35.8 Å². The van der Waals surface area contributed by atoms with E-state index in [4.69, 9.17) is 19.9 Å². The van der Waals surface area contributed by atoms with Gasteiger partial charge in [-0.25, -0.2) is 4.79 Å². The Hall–Kier alpha value is -0.830. The molecule has 1 aromatic heterocycles. The zero-order valence-corrected chi connectivity index (χ0v) is 19.2. The topological polar surface area (TPSA) is 129 Å². The van der Waals surface area contributed by atoms with Crippen molar-refractivity contribution in [2.24, 2.45) is 0 Å². The van der Waals surface area contributed by atoms with E-state index in [9.17, 15) is 14.6 Å². The van der Waals surface area contributed by atoms with Gasteiger partial charge in [0.25, 0.3) is 0 Å². The van der Waals surface area contributed by atoms with E-state index in [0.29, 0.717) is 6.42 Å². The molecule has 2 unspecified atom stereocenters. The zero-order valence-electron chi connectivity index (χ0n) is 16.6. The number of aromatic nitrogens is 2. The largest absolute Gasteiger partial charge is 0.383 e. The predicted molar refractivity (Wildman–Crippen MR) is 116 cm³/mol. The Bertz CT molecular complexity index is 801. The van der Waals surface area contributed by atoms with E-state index in [-0.39, 0.29) is 24.0 Å². The van der Waals surface area contributed by atoms with Gasteiger partial charge in [-0.2, -0.15) is 4.98 Å². The van der Waals surface area contributed by atoms with Crippen LogP contribution in [-0.4, -0.2) is 55.2 Å². The molecule has 1 aromatic rings. The highest BCUT2D eigenvalue weighted by atomic mass is 33.1. The molecule has 0 saturated carbocycles. The van der Waals surface area contributed by atoms with E-state index in [2.05, 4.69) is 16.8 Å². The number of nitrogen functional groups attached to an aromatic ring is 1. The van der Waals surface area contributed by atoms with Gasteiger partial charge in [0.2, 0.25) is 8.38 Å². The molecule has 0 amide bonds. The number of hydrogen-bond acceptors (Lipinski definition) is 10. The second-order valence-corrected chi connectivity index (χ2v) is 10.6. The quantitative estimate of drug-likeness (QED) is 0.216. The molecule has 162 valence electrons. The van der Waals surface area contributed by atoms with Gasteiger partial charge in [0.15, 0.2) is 5.34 Å². The van der Waals surface area contributed by atoms with Crippen molar-refractivity contribution in [2.45, 2.75) is 56.4 Å². The lowest BCUT2D eigenvalue weighted by Crippen LogP contribution is -2.35. The fourth-order valence-corrected chi connectivity index (χ4v) is 4.64. The van der Waals surface area contributed by atoms with E-state index in [1.54, 1.807) is 28.5 Å². The van der Waals surface area contributed by atoms with E-state index in [0.717, 1.165) is 0 Å². The molecule has 12 heteroatoms. The Labute approximate surface area is 179 Å². The van der Waals surface area contributed by atoms with Crippen molar-refractivity contribution < 1.29 is 24.0 Å². The maximum atomic E-state index is 12.2. The number of rotatable bonds is 9. The summed E-state index contributed by atoms with van der Waals surface area (Å²) < 4.78 is 19.2. The highest BCUT2D eigenvalue weighted by molar-refractivity contribution is 8.76. The van der Waals surface area contributed by atoms with Crippen molar-refractivity contribution in [3.05, 3.63) is 22.7 Å². The molecule has 2 heterocycles. The molecule has 1 fully saturated rings. The van der Waals surface area contributed by atoms with Crippen LogP contribution in [0.1, 0.15) is 33.4 Å². The fourth-order valence-electron chi connectivity index (χ4n) is 2.83. The van der Waals surface area contributed by atoms with Crippen molar-refractivity contribution in [1.29, 1.82) is 0 Å². The van der Waals surface area contributed by atoms with Gasteiger partial charge in [-0.1, -0.05) is 27.5 Å². The highest BCUT2D eigenvalue weighted by Gasteiger charge is 2.41. The maximum Gasteiger partial charge on any atom is 0.351 e. The van der Waals surface area contributed by atoms with Gasteiger partial charge in [0, 0.05) is 12.6 Å². The molecule has 29 heavy (non-hydrogen) atoms. The lowest BCUT2D eigenvalue weighted by atomic mass is 10.2. The first-order valence-electron chi connectivity index (χ1n) is 8.81. The predicted octanol–water partition coefficient (Wildman–Crippen LogP) is 1.91. The van der Waals surface area contributed by atoms with E-state index >= 15 is 0 Å². The minimum absolute atomic E-state index is 0.0140. The van der Waals surface area contributed by atoms with Crippen LogP contribution in [0.15, 0.2) is 17.1 Å². The van der Waals surface area contributed by atoms with Crippen LogP contribution in [0.5, 0.6) is 0 Å². The van der Waals surface area contributed by atoms with Crippen LogP contribution in [0.4, 0.5) is 5.82 Å². The molecule has 0 aromatic carbocycles. The van der Waals surface area contributed by atoms with Crippen LogP contribution in [0, 0.1) is 11.8 Å². The summed E-state index contributed by atoms with van der Waals surface area (Å²) in [7, 11) is 0.692. The normalized spacial score (nSPS) is 24.7. The SMILES string of the molecule is CC#CC(C)(OCC1O[C@@H](n2ccc(N)nc2=O)C[C@H]1O[C@H](C)SSC)P(O)O. The van der Waals surface area contributed by atoms with Crippen LogP contribution < -0.4 is 11.4 Å². The molecule has 1 aliphatic rings. The summed E-state index contributed by atoms with van der Waals surface area (Å²) in [5, 5.41) is -1.41. The molecular weight excluding hydrogens is 437 g/mol. The minimum Gasteiger partial charge on any atom is -0.383 e. The molecule has 5 atom stereocenters. The van der Waals surface area contributed by atoms with Crippen molar-refractivity contribution in [3.63, 3.8) is 0 Å².